The van der Waals surface area contributed by atoms with E-state index in [2.05, 4.69) is 4.74 Å². The number of rotatable bonds is 4. The van der Waals surface area contributed by atoms with Crippen LogP contribution in [0.25, 0.3) is 0 Å². The molecule has 12 heavy (non-hydrogen) atoms. The third kappa shape index (κ3) is 3.08. The zero-order valence-corrected chi connectivity index (χ0v) is 6.34. The van der Waals surface area contributed by atoms with Gasteiger partial charge in [0.25, 0.3) is 6.43 Å². The average molecular weight is 186 g/mol. The number of hydrogen-bond acceptors (Lipinski definition) is 3. The van der Waals surface area contributed by atoms with E-state index in [-0.39, 0.29) is 6.61 Å². The highest BCUT2D eigenvalue weighted by Gasteiger charge is 2.34. The minimum Gasteiger partial charge on any atom is -0.464 e. The number of hydrogen-bond donors (Lipinski definition) is 1. The van der Waals surface area contributed by atoms with E-state index in [0.29, 0.717) is 0 Å². The predicted octanol–water partition coefficient (Wildman–Crippen LogP) is 0.514. The molecule has 0 aromatic carbocycles. The molecular formula is C6H9F3O3. The first-order chi connectivity index (χ1) is 5.50. The minimum atomic E-state index is -3.38. The summed E-state index contributed by atoms with van der Waals surface area (Å²) < 4.78 is 39.4. The van der Waals surface area contributed by atoms with Crippen molar-refractivity contribution in [2.75, 3.05) is 6.61 Å². The molecule has 0 aliphatic carbocycles. The molecule has 3 nitrogen and oxygen atoms in total. The monoisotopic (exact) mass is 186 g/mol. The van der Waals surface area contributed by atoms with E-state index in [1.165, 1.54) is 6.92 Å². The van der Waals surface area contributed by atoms with Crippen molar-refractivity contribution >= 4 is 5.97 Å². The number of alkyl halides is 3. The third-order valence-electron chi connectivity index (χ3n) is 1.07. The zero-order chi connectivity index (χ0) is 9.72. The summed E-state index contributed by atoms with van der Waals surface area (Å²) in [5.74, 6) is -1.37. The summed E-state index contributed by atoms with van der Waals surface area (Å²) in [6.45, 7) is 1.33. The van der Waals surface area contributed by atoms with E-state index in [0.717, 1.165) is 0 Å². The lowest BCUT2D eigenvalue weighted by atomic mass is 10.2. The van der Waals surface area contributed by atoms with Crippen LogP contribution in [0, 0.1) is 0 Å². The van der Waals surface area contributed by atoms with Crippen molar-refractivity contribution in [3.05, 3.63) is 0 Å². The van der Waals surface area contributed by atoms with Gasteiger partial charge < -0.3 is 9.84 Å². The molecular weight excluding hydrogens is 177 g/mol. The van der Waals surface area contributed by atoms with E-state index in [9.17, 15) is 18.0 Å². The SMILES string of the molecule is CCOC(=O)C(O)C(F)C(F)F. The molecule has 0 bridgehead atoms. The Labute approximate surface area is 67.1 Å². The van der Waals surface area contributed by atoms with Crippen molar-refractivity contribution in [1.29, 1.82) is 0 Å². The van der Waals surface area contributed by atoms with Crippen molar-refractivity contribution in [2.45, 2.75) is 25.6 Å². The van der Waals surface area contributed by atoms with E-state index in [1.54, 1.807) is 0 Å². The van der Waals surface area contributed by atoms with Crippen LogP contribution in [0.15, 0.2) is 0 Å². The summed E-state index contributed by atoms with van der Waals surface area (Å²) >= 11 is 0. The highest BCUT2D eigenvalue weighted by molar-refractivity contribution is 5.75. The maximum Gasteiger partial charge on any atom is 0.338 e. The molecule has 72 valence electrons. The molecule has 0 rings (SSSR count). The molecule has 0 fully saturated rings. The molecule has 0 aromatic rings. The molecule has 2 unspecified atom stereocenters. The number of aliphatic hydroxyl groups excluding tert-OH is 1. The molecule has 0 aromatic heterocycles. The Bertz CT molecular complexity index is 151. The number of esters is 1. The second kappa shape index (κ2) is 4.97. The Hall–Kier alpha value is -0.780. The Balaban J connectivity index is 4.00. The molecule has 0 saturated heterocycles. The van der Waals surface area contributed by atoms with Gasteiger partial charge in [-0.2, -0.15) is 0 Å². The molecule has 0 amide bonds. The van der Waals surface area contributed by atoms with Crippen molar-refractivity contribution in [3.8, 4) is 0 Å². The predicted molar refractivity (Wildman–Crippen MR) is 33.5 cm³/mol. The molecule has 0 aliphatic heterocycles. The quantitative estimate of drug-likeness (QED) is 0.651. The molecule has 0 heterocycles. The molecule has 6 heteroatoms. The average Bonchev–Trinajstić information content (AvgIpc) is 2.02. The third-order valence-corrected chi connectivity index (χ3v) is 1.07. The van der Waals surface area contributed by atoms with Crippen LogP contribution in [0.4, 0.5) is 13.2 Å². The van der Waals surface area contributed by atoms with Crippen LogP contribution in [0.5, 0.6) is 0 Å². The van der Waals surface area contributed by atoms with Gasteiger partial charge in [0.2, 0.25) is 0 Å². The van der Waals surface area contributed by atoms with Crippen LogP contribution >= 0.6 is 0 Å². The van der Waals surface area contributed by atoms with Gasteiger partial charge in [-0.25, -0.2) is 18.0 Å². The van der Waals surface area contributed by atoms with Crippen LogP contribution in [0.1, 0.15) is 6.92 Å². The van der Waals surface area contributed by atoms with E-state index >= 15 is 0 Å². The second-order valence-electron chi connectivity index (χ2n) is 1.98. The lowest BCUT2D eigenvalue weighted by molar-refractivity contribution is -0.160. The maximum absolute atomic E-state index is 12.2. The lowest BCUT2D eigenvalue weighted by Crippen LogP contribution is -2.37. The van der Waals surface area contributed by atoms with Gasteiger partial charge in [0.15, 0.2) is 12.3 Å². The largest absolute Gasteiger partial charge is 0.464 e. The minimum absolute atomic E-state index is 0.0914. The first kappa shape index (κ1) is 11.2. The number of ether oxygens (including phenoxy) is 1. The molecule has 0 saturated carbocycles. The first-order valence-corrected chi connectivity index (χ1v) is 3.27. The van der Waals surface area contributed by atoms with Gasteiger partial charge in [0, 0.05) is 0 Å². The molecule has 0 aliphatic rings. The number of aliphatic hydroxyl groups is 1. The Kier molecular flexibility index (Phi) is 4.65. The molecule has 0 spiro atoms. The first-order valence-electron chi connectivity index (χ1n) is 3.27. The Morgan fingerprint density at radius 1 is 1.50 bits per heavy atom. The fourth-order valence-electron chi connectivity index (χ4n) is 0.495. The van der Waals surface area contributed by atoms with E-state index in [4.69, 9.17) is 5.11 Å². The number of halogens is 3. The van der Waals surface area contributed by atoms with Gasteiger partial charge >= 0.3 is 5.97 Å². The van der Waals surface area contributed by atoms with Gasteiger partial charge in [0.1, 0.15) is 0 Å². The van der Waals surface area contributed by atoms with Gasteiger partial charge in [0.05, 0.1) is 6.61 Å². The topological polar surface area (TPSA) is 46.5 Å². The van der Waals surface area contributed by atoms with Crippen LogP contribution < -0.4 is 0 Å². The summed E-state index contributed by atoms with van der Waals surface area (Å²) in [6, 6.07) is 0. The fourth-order valence-corrected chi connectivity index (χ4v) is 0.495. The Morgan fingerprint density at radius 2 is 2.00 bits per heavy atom. The lowest BCUT2D eigenvalue weighted by Gasteiger charge is -2.12. The normalized spacial score (nSPS) is 15.8. The van der Waals surface area contributed by atoms with Crippen molar-refractivity contribution in [2.24, 2.45) is 0 Å². The summed E-state index contributed by atoms with van der Waals surface area (Å²) in [5, 5.41) is 8.56. The van der Waals surface area contributed by atoms with Crippen molar-refractivity contribution in [3.63, 3.8) is 0 Å². The number of carbonyl (C=O) groups excluding carboxylic acids is 1. The summed E-state index contributed by atoms with van der Waals surface area (Å²) in [7, 11) is 0. The van der Waals surface area contributed by atoms with Crippen LogP contribution in [-0.2, 0) is 9.53 Å². The second-order valence-corrected chi connectivity index (χ2v) is 1.98. The Morgan fingerprint density at radius 3 is 2.33 bits per heavy atom. The van der Waals surface area contributed by atoms with Crippen LogP contribution in [-0.4, -0.2) is 36.4 Å². The number of carbonyl (C=O) groups is 1. The fraction of sp³-hybridized carbons (Fsp3) is 0.833. The van der Waals surface area contributed by atoms with Gasteiger partial charge in [-0.3, -0.25) is 0 Å². The van der Waals surface area contributed by atoms with Crippen molar-refractivity contribution < 1.29 is 27.8 Å². The summed E-state index contributed by atoms with van der Waals surface area (Å²) in [5.41, 5.74) is 0. The molecule has 2 atom stereocenters. The smallest absolute Gasteiger partial charge is 0.338 e. The maximum atomic E-state index is 12.2. The molecule has 0 radical (unpaired) electrons. The summed E-state index contributed by atoms with van der Waals surface area (Å²) in [4.78, 5) is 10.4. The highest BCUT2D eigenvalue weighted by Crippen LogP contribution is 2.11. The van der Waals surface area contributed by atoms with E-state index in [1.807, 2.05) is 0 Å². The van der Waals surface area contributed by atoms with Gasteiger partial charge in [-0.05, 0) is 6.92 Å². The van der Waals surface area contributed by atoms with Crippen LogP contribution in [0.2, 0.25) is 0 Å². The van der Waals surface area contributed by atoms with Crippen LogP contribution in [0.3, 0.4) is 0 Å². The van der Waals surface area contributed by atoms with Gasteiger partial charge in [-0.15, -0.1) is 0 Å². The standard InChI is InChI=1S/C6H9F3O3/c1-2-12-6(11)4(10)3(7)5(8)9/h3-5,10H,2H2,1H3. The summed E-state index contributed by atoms with van der Waals surface area (Å²) in [6.07, 6.45) is -8.67. The van der Waals surface area contributed by atoms with E-state index < -0.39 is 24.7 Å². The van der Waals surface area contributed by atoms with Gasteiger partial charge in [-0.1, -0.05) is 0 Å². The molecule has 1 N–H and O–H groups in total. The highest BCUT2D eigenvalue weighted by atomic mass is 19.3. The zero-order valence-electron chi connectivity index (χ0n) is 6.34. The van der Waals surface area contributed by atoms with Crippen molar-refractivity contribution in [1.82, 2.24) is 0 Å².